The van der Waals surface area contributed by atoms with Crippen LogP contribution in [0.2, 0.25) is 0 Å². The van der Waals surface area contributed by atoms with Crippen LogP contribution in [-0.4, -0.2) is 22.1 Å². The summed E-state index contributed by atoms with van der Waals surface area (Å²) in [7, 11) is 0. The summed E-state index contributed by atoms with van der Waals surface area (Å²) in [4.78, 5) is 33.6. The predicted octanol–water partition coefficient (Wildman–Crippen LogP) is 2.19. The zero-order chi connectivity index (χ0) is 15.8. The molecule has 0 N–H and O–H groups in total. The minimum Gasteiger partial charge on any atom is -0.464 e. The van der Waals surface area contributed by atoms with Crippen molar-refractivity contribution >= 4 is 11.7 Å². The largest absolute Gasteiger partial charge is 0.464 e. The first kappa shape index (κ1) is 16.9. The number of aromatic nitrogens is 1. The molecule has 116 valence electrons. The Bertz CT molecular complexity index is 565. The highest BCUT2D eigenvalue weighted by Crippen LogP contribution is 2.14. The molecule has 7 nitrogen and oxygen atoms in total. The Balaban J connectivity index is 2.66. The van der Waals surface area contributed by atoms with Gasteiger partial charge in [0.05, 0.1) is 17.2 Å². The number of hydrogen-bond donors (Lipinski definition) is 0. The molecule has 0 bridgehead atoms. The van der Waals surface area contributed by atoms with E-state index >= 15 is 0 Å². The second-order valence-electron chi connectivity index (χ2n) is 4.77. The first-order chi connectivity index (χ1) is 9.97. The van der Waals surface area contributed by atoms with Gasteiger partial charge in [-0.3, -0.25) is 24.3 Å². The first-order valence-corrected chi connectivity index (χ1v) is 6.97. The van der Waals surface area contributed by atoms with Crippen LogP contribution in [0.5, 0.6) is 0 Å². The van der Waals surface area contributed by atoms with Gasteiger partial charge in [-0.05, 0) is 13.3 Å². The van der Waals surface area contributed by atoms with Crippen LogP contribution in [0, 0.1) is 17.0 Å². The van der Waals surface area contributed by atoms with Crippen LogP contribution >= 0.6 is 0 Å². The van der Waals surface area contributed by atoms with Crippen molar-refractivity contribution < 1.29 is 14.5 Å². The quantitative estimate of drug-likeness (QED) is 0.317. The van der Waals surface area contributed by atoms with E-state index in [0.29, 0.717) is 6.61 Å². The third kappa shape index (κ3) is 5.02. The number of ether oxygens (including phenoxy) is 1. The molecule has 1 aromatic rings. The molecular formula is C14H20N2O5. The molecule has 0 aliphatic carbocycles. The van der Waals surface area contributed by atoms with Gasteiger partial charge in [0, 0.05) is 12.1 Å². The van der Waals surface area contributed by atoms with E-state index in [1.165, 1.54) is 6.92 Å². The van der Waals surface area contributed by atoms with Gasteiger partial charge in [-0.2, -0.15) is 0 Å². The number of unbranched alkanes of at least 4 members (excludes halogenated alkanes) is 3. The van der Waals surface area contributed by atoms with Gasteiger partial charge < -0.3 is 4.74 Å². The van der Waals surface area contributed by atoms with Crippen LogP contribution in [0.25, 0.3) is 0 Å². The number of pyridine rings is 1. The van der Waals surface area contributed by atoms with E-state index in [4.69, 9.17) is 4.74 Å². The molecule has 1 aromatic heterocycles. The maximum atomic E-state index is 11.7. The van der Waals surface area contributed by atoms with Gasteiger partial charge in [0.25, 0.3) is 11.2 Å². The van der Waals surface area contributed by atoms with Gasteiger partial charge in [-0.25, -0.2) is 0 Å². The standard InChI is InChI=1S/C14H20N2O5/c1-3-4-5-6-9-21-14(18)10-15-11(2)12(16(19)20)7-8-13(15)17/h7-8H,3-6,9-10H2,1-2H3. The average molecular weight is 296 g/mol. The summed E-state index contributed by atoms with van der Waals surface area (Å²) in [5.74, 6) is -0.558. The Hall–Kier alpha value is -2.18. The fraction of sp³-hybridized carbons (Fsp3) is 0.571. The van der Waals surface area contributed by atoms with Gasteiger partial charge in [0.2, 0.25) is 0 Å². The molecule has 0 amide bonds. The molecule has 7 heteroatoms. The molecule has 0 unspecified atom stereocenters. The van der Waals surface area contributed by atoms with Crippen molar-refractivity contribution in [3.8, 4) is 0 Å². The minimum absolute atomic E-state index is 0.149. The molecule has 0 radical (unpaired) electrons. The summed E-state index contributed by atoms with van der Waals surface area (Å²) >= 11 is 0. The summed E-state index contributed by atoms with van der Waals surface area (Å²) < 4.78 is 6.10. The highest BCUT2D eigenvalue weighted by atomic mass is 16.6. The summed E-state index contributed by atoms with van der Waals surface area (Å²) in [5, 5.41) is 10.8. The van der Waals surface area contributed by atoms with E-state index in [1.807, 2.05) is 0 Å². The van der Waals surface area contributed by atoms with Crippen molar-refractivity contribution in [1.82, 2.24) is 4.57 Å². The normalized spacial score (nSPS) is 10.4. The number of hydrogen-bond acceptors (Lipinski definition) is 5. The van der Waals surface area contributed by atoms with Crippen LogP contribution in [0.1, 0.15) is 38.3 Å². The number of carbonyl (C=O) groups excluding carboxylic acids is 1. The lowest BCUT2D eigenvalue weighted by atomic mass is 10.2. The third-order valence-electron chi connectivity index (χ3n) is 3.17. The van der Waals surface area contributed by atoms with Gasteiger partial charge in [0.15, 0.2) is 0 Å². The predicted molar refractivity (Wildman–Crippen MR) is 77.2 cm³/mol. The van der Waals surface area contributed by atoms with E-state index < -0.39 is 16.5 Å². The molecular weight excluding hydrogens is 276 g/mol. The lowest BCUT2D eigenvalue weighted by molar-refractivity contribution is -0.386. The molecule has 0 aliphatic rings. The lowest BCUT2D eigenvalue weighted by Gasteiger charge is -2.09. The maximum absolute atomic E-state index is 11.7. The van der Waals surface area contributed by atoms with E-state index in [-0.39, 0.29) is 17.9 Å². The highest BCUT2D eigenvalue weighted by Gasteiger charge is 2.17. The Morgan fingerprint density at radius 3 is 2.67 bits per heavy atom. The molecule has 0 atom stereocenters. The van der Waals surface area contributed by atoms with Gasteiger partial charge in [-0.1, -0.05) is 26.2 Å². The SMILES string of the molecule is CCCCCCOC(=O)Cn1c(C)c([N+](=O)[O-])ccc1=O. The van der Waals surface area contributed by atoms with Gasteiger partial charge >= 0.3 is 5.97 Å². The van der Waals surface area contributed by atoms with Crippen molar-refractivity contribution in [1.29, 1.82) is 0 Å². The summed E-state index contributed by atoms with van der Waals surface area (Å²) in [6.07, 6.45) is 3.94. The maximum Gasteiger partial charge on any atom is 0.326 e. The van der Waals surface area contributed by atoms with E-state index in [1.54, 1.807) is 0 Å². The third-order valence-corrected chi connectivity index (χ3v) is 3.17. The van der Waals surface area contributed by atoms with Crippen molar-refractivity contribution in [3.05, 3.63) is 38.3 Å². The van der Waals surface area contributed by atoms with Crippen molar-refractivity contribution in [2.45, 2.75) is 46.1 Å². The molecule has 1 rings (SSSR count). The molecule has 21 heavy (non-hydrogen) atoms. The van der Waals surface area contributed by atoms with Crippen molar-refractivity contribution in [3.63, 3.8) is 0 Å². The first-order valence-electron chi connectivity index (χ1n) is 6.97. The zero-order valence-electron chi connectivity index (χ0n) is 12.3. The van der Waals surface area contributed by atoms with Gasteiger partial charge in [0.1, 0.15) is 6.54 Å². The van der Waals surface area contributed by atoms with Crippen molar-refractivity contribution in [2.75, 3.05) is 6.61 Å². The smallest absolute Gasteiger partial charge is 0.326 e. The Morgan fingerprint density at radius 2 is 2.05 bits per heavy atom. The monoisotopic (exact) mass is 296 g/mol. The van der Waals surface area contributed by atoms with Crippen LogP contribution in [0.3, 0.4) is 0 Å². The van der Waals surface area contributed by atoms with Crippen LogP contribution < -0.4 is 5.56 Å². The number of nitro groups is 1. The molecule has 1 heterocycles. The molecule has 0 saturated heterocycles. The fourth-order valence-corrected chi connectivity index (χ4v) is 1.94. The van der Waals surface area contributed by atoms with Crippen molar-refractivity contribution in [2.24, 2.45) is 0 Å². The Morgan fingerprint density at radius 1 is 1.33 bits per heavy atom. The molecule has 0 spiro atoms. The molecule has 0 aromatic carbocycles. The fourth-order valence-electron chi connectivity index (χ4n) is 1.94. The topological polar surface area (TPSA) is 91.4 Å². The lowest BCUT2D eigenvalue weighted by Crippen LogP contribution is -2.27. The summed E-state index contributed by atoms with van der Waals surface area (Å²) in [5.41, 5.74) is -0.498. The average Bonchev–Trinajstić information content (AvgIpc) is 2.42. The number of rotatable bonds is 8. The second-order valence-corrected chi connectivity index (χ2v) is 4.77. The number of esters is 1. The zero-order valence-corrected chi connectivity index (χ0v) is 12.3. The van der Waals surface area contributed by atoms with Crippen LogP contribution in [0.4, 0.5) is 5.69 Å². The number of carbonyl (C=O) groups is 1. The summed E-state index contributed by atoms with van der Waals surface area (Å²) in [6.45, 7) is 3.53. The summed E-state index contributed by atoms with van der Waals surface area (Å²) in [6, 6.07) is 2.23. The van der Waals surface area contributed by atoms with Crippen LogP contribution in [0.15, 0.2) is 16.9 Å². The van der Waals surface area contributed by atoms with Gasteiger partial charge in [-0.15, -0.1) is 0 Å². The van der Waals surface area contributed by atoms with E-state index in [9.17, 15) is 19.7 Å². The van der Waals surface area contributed by atoms with Crippen LogP contribution in [-0.2, 0) is 16.1 Å². The second kappa shape index (κ2) is 8.18. The number of nitrogens with zero attached hydrogens (tertiary/aromatic N) is 2. The highest BCUT2D eigenvalue weighted by molar-refractivity contribution is 5.69. The van der Waals surface area contributed by atoms with E-state index in [2.05, 4.69) is 6.92 Å². The molecule has 0 aliphatic heterocycles. The Kier molecular flexibility index (Phi) is 6.58. The minimum atomic E-state index is -0.582. The van der Waals surface area contributed by atoms with E-state index in [0.717, 1.165) is 42.4 Å². The Labute approximate surface area is 122 Å². The molecule has 0 saturated carbocycles. The molecule has 0 fully saturated rings.